The van der Waals surface area contributed by atoms with Gasteiger partial charge in [-0.25, -0.2) is 0 Å². The minimum atomic E-state index is 0.0190. The molecule has 0 aromatic carbocycles. The minimum absolute atomic E-state index is 0.0190. The minimum Gasteiger partial charge on any atom is -0.462 e. The van der Waals surface area contributed by atoms with E-state index in [-0.39, 0.29) is 12.1 Å². The first-order valence-electron chi connectivity index (χ1n) is 18.3. The first-order valence-corrected chi connectivity index (χ1v) is 18.3. The third kappa shape index (κ3) is 28.8. The second-order valence-electron chi connectivity index (χ2n) is 12.7. The summed E-state index contributed by atoms with van der Waals surface area (Å²) in [5, 5.41) is 0. The van der Waals surface area contributed by atoms with Gasteiger partial charge in [0.25, 0.3) is 0 Å². The van der Waals surface area contributed by atoms with Gasteiger partial charge < -0.3 is 9.64 Å². The Balaban J connectivity index is 5.13. The Morgan fingerprint density at radius 2 is 0.952 bits per heavy atom. The maximum atomic E-state index is 13.0. The number of esters is 1. The molecule has 0 saturated carbocycles. The maximum Gasteiger partial charge on any atom is 0.306 e. The summed E-state index contributed by atoms with van der Waals surface area (Å²) >= 11 is 0. The second kappa shape index (κ2) is 32.6. The van der Waals surface area contributed by atoms with Crippen LogP contribution in [-0.4, -0.2) is 37.6 Å². The standard InChI is InChI=1S/C39H73NO2/c1-6-9-12-15-18-21-24-27-32-37(33-28-25-22-19-16-13-10-7-2)38(34-29-26-23-20-17-14-11-8-3)42-39(41)35-30-31-36-40(4)5/h18-23,37-38H,6-17,24-36H2,1-5H3/b21-18-,22-19+,23-20-. The predicted molar refractivity (Wildman–Crippen MR) is 187 cm³/mol. The number of nitrogens with zero attached hydrogens (tertiary/aromatic N) is 1. The van der Waals surface area contributed by atoms with Gasteiger partial charge in [-0.2, -0.15) is 0 Å². The van der Waals surface area contributed by atoms with E-state index < -0.39 is 0 Å². The van der Waals surface area contributed by atoms with E-state index in [1.54, 1.807) is 0 Å². The molecule has 0 amide bonds. The molecular formula is C39H73NO2. The van der Waals surface area contributed by atoms with Gasteiger partial charge in [0, 0.05) is 6.42 Å². The maximum absolute atomic E-state index is 13.0. The Labute approximate surface area is 264 Å². The van der Waals surface area contributed by atoms with Gasteiger partial charge >= 0.3 is 5.97 Å². The van der Waals surface area contributed by atoms with Crippen LogP contribution in [0, 0.1) is 5.92 Å². The zero-order valence-corrected chi connectivity index (χ0v) is 29.1. The van der Waals surface area contributed by atoms with Crippen LogP contribution in [0.5, 0.6) is 0 Å². The molecule has 0 fully saturated rings. The molecular weight excluding hydrogens is 514 g/mol. The van der Waals surface area contributed by atoms with Gasteiger partial charge in [-0.15, -0.1) is 0 Å². The normalized spacial score (nSPS) is 13.7. The highest BCUT2D eigenvalue weighted by Crippen LogP contribution is 2.27. The van der Waals surface area contributed by atoms with Crippen LogP contribution in [-0.2, 0) is 9.53 Å². The summed E-state index contributed by atoms with van der Waals surface area (Å²) in [7, 11) is 4.19. The molecule has 0 N–H and O–H groups in total. The van der Waals surface area contributed by atoms with Gasteiger partial charge in [0.2, 0.25) is 0 Å². The van der Waals surface area contributed by atoms with Gasteiger partial charge in [-0.3, -0.25) is 4.79 Å². The summed E-state index contributed by atoms with van der Waals surface area (Å²) in [5.74, 6) is 0.483. The van der Waals surface area contributed by atoms with Gasteiger partial charge in [0.1, 0.15) is 6.10 Å². The van der Waals surface area contributed by atoms with Crippen LogP contribution in [0.4, 0.5) is 0 Å². The highest BCUT2D eigenvalue weighted by atomic mass is 16.5. The summed E-state index contributed by atoms with van der Waals surface area (Å²) in [6.45, 7) is 7.82. The van der Waals surface area contributed by atoms with Gasteiger partial charge in [-0.1, -0.05) is 95.8 Å². The van der Waals surface area contributed by atoms with E-state index in [9.17, 15) is 4.79 Å². The zero-order chi connectivity index (χ0) is 30.9. The number of allylic oxidation sites excluding steroid dienone is 6. The highest BCUT2D eigenvalue weighted by Gasteiger charge is 2.24. The molecule has 0 aliphatic heterocycles. The number of hydrogen-bond donors (Lipinski definition) is 0. The molecule has 0 aliphatic rings. The van der Waals surface area contributed by atoms with Crippen LogP contribution in [0.15, 0.2) is 36.5 Å². The molecule has 2 atom stereocenters. The molecule has 3 nitrogen and oxygen atoms in total. The van der Waals surface area contributed by atoms with Crippen molar-refractivity contribution >= 4 is 5.97 Å². The molecule has 246 valence electrons. The number of unbranched alkanes of at least 4 members (excludes halogenated alkanes) is 13. The van der Waals surface area contributed by atoms with Crippen molar-refractivity contribution in [1.29, 1.82) is 0 Å². The van der Waals surface area contributed by atoms with Crippen LogP contribution in [0.2, 0.25) is 0 Å². The summed E-state index contributed by atoms with van der Waals surface area (Å²) in [5.41, 5.74) is 0. The van der Waals surface area contributed by atoms with E-state index in [1.165, 1.54) is 89.9 Å². The molecule has 0 radical (unpaired) electrons. The smallest absolute Gasteiger partial charge is 0.306 e. The molecule has 2 unspecified atom stereocenters. The van der Waals surface area contributed by atoms with Crippen molar-refractivity contribution in [3.8, 4) is 0 Å². The van der Waals surface area contributed by atoms with Crippen LogP contribution < -0.4 is 0 Å². The lowest BCUT2D eigenvalue weighted by Gasteiger charge is -2.27. The largest absolute Gasteiger partial charge is 0.462 e. The Hall–Kier alpha value is -1.35. The quantitative estimate of drug-likeness (QED) is 0.0459. The van der Waals surface area contributed by atoms with Crippen molar-refractivity contribution in [3.63, 3.8) is 0 Å². The molecule has 0 aromatic rings. The SMILES string of the molecule is CCCCC/C=C\CCCC(CCC/C=C/CCCCC)C(CCC/C=C\CCCCC)OC(=O)CCCCN(C)C. The third-order valence-electron chi connectivity index (χ3n) is 8.22. The molecule has 0 bridgehead atoms. The first-order chi connectivity index (χ1) is 20.5. The summed E-state index contributed by atoms with van der Waals surface area (Å²) in [6, 6.07) is 0. The Bertz CT molecular complexity index is 625. The number of rotatable bonds is 31. The van der Waals surface area contributed by atoms with E-state index in [0.717, 1.165) is 64.3 Å². The van der Waals surface area contributed by atoms with E-state index in [2.05, 4.69) is 76.2 Å². The predicted octanol–water partition coefficient (Wildman–Crippen LogP) is 12.2. The van der Waals surface area contributed by atoms with Crippen LogP contribution in [0.3, 0.4) is 0 Å². The van der Waals surface area contributed by atoms with Gasteiger partial charge in [0.05, 0.1) is 0 Å². The fourth-order valence-corrected chi connectivity index (χ4v) is 5.51. The van der Waals surface area contributed by atoms with Gasteiger partial charge in [0.15, 0.2) is 0 Å². The molecule has 3 heteroatoms. The Morgan fingerprint density at radius 3 is 1.36 bits per heavy atom. The average Bonchev–Trinajstić information content (AvgIpc) is 2.97. The second-order valence-corrected chi connectivity index (χ2v) is 12.7. The Kier molecular flexibility index (Phi) is 31.5. The molecule has 0 aliphatic carbocycles. The monoisotopic (exact) mass is 588 g/mol. The Morgan fingerprint density at radius 1 is 0.548 bits per heavy atom. The van der Waals surface area contributed by atoms with Crippen molar-refractivity contribution in [1.82, 2.24) is 4.90 Å². The number of hydrogen-bond acceptors (Lipinski definition) is 3. The molecule has 0 heterocycles. The third-order valence-corrected chi connectivity index (χ3v) is 8.22. The molecule has 42 heavy (non-hydrogen) atoms. The average molecular weight is 588 g/mol. The lowest BCUT2D eigenvalue weighted by molar-refractivity contribution is -0.153. The van der Waals surface area contributed by atoms with Crippen LogP contribution in [0.25, 0.3) is 0 Å². The number of carbonyl (C=O) groups is 1. The molecule has 0 aromatic heterocycles. The van der Waals surface area contributed by atoms with Crippen LogP contribution in [0.1, 0.15) is 175 Å². The van der Waals surface area contributed by atoms with E-state index in [1.807, 2.05) is 0 Å². The lowest BCUT2D eigenvalue weighted by Crippen LogP contribution is -2.27. The van der Waals surface area contributed by atoms with Gasteiger partial charge in [-0.05, 0) is 136 Å². The summed E-state index contributed by atoms with van der Waals surface area (Å²) in [4.78, 5) is 15.2. The molecule has 0 saturated heterocycles. The number of carbonyl (C=O) groups excluding carboxylic acids is 1. The molecule has 0 spiro atoms. The summed E-state index contributed by atoms with van der Waals surface area (Å²) in [6.07, 6.45) is 42.4. The van der Waals surface area contributed by atoms with Crippen molar-refractivity contribution in [2.45, 2.75) is 181 Å². The van der Waals surface area contributed by atoms with Crippen molar-refractivity contribution < 1.29 is 9.53 Å². The van der Waals surface area contributed by atoms with Crippen molar-refractivity contribution in [3.05, 3.63) is 36.5 Å². The fourth-order valence-electron chi connectivity index (χ4n) is 5.51. The highest BCUT2D eigenvalue weighted by molar-refractivity contribution is 5.69. The first kappa shape index (κ1) is 40.6. The van der Waals surface area contributed by atoms with Crippen molar-refractivity contribution in [2.24, 2.45) is 5.92 Å². The van der Waals surface area contributed by atoms with E-state index in [0.29, 0.717) is 12.3 Å². The topological polar surface area (TPSA) is 29.5 Å². The fraction of sp³-hybridized carbons (Fsp3) is 0.821. The number of ether oxygens (including phenoxy) is 1. The van der Waals surface area contributed by atoms with E-state index >= 15 is 0 Å². The molecule has 0 rings (SSSR count). The zero-order valence-electron chi connectivity index (χ0n) is 29.1. The van der Waals surface area contributed by atoms with Crippen molar-refractivity contribution in [2.75, 3.05) is 20.6 Å². The lowest BCUT2D eigenvalue weighted by atomic mass is 9.87. The van der Waals surface area contributed by atoms with E-state index in [4.69, 9.17) is 4.74 Å². The summed E-state index contributed by atoms with van der Waals surface area (Å²) < 4.78 is 6.31. The van der Waals surface area contributed by atoms with Crippen LogP contribution >= 0.6 is 0 Å².